The van der Waals surface area contributed by atoms with Crippen LogP contribution in [0.4, 0.5) is 18.9 Å². The van der Waals surface area contributed by atoms with Crippen molar-refractivity contribution >= 4 is 17.5 Å². The molecule has 7 heteroatoms. The van der Waals surface area contributed by atoms with Crippen LogP contribution < -0.4 is 5.32 Å². The zero-order valence-corrected chi connectivity index (χ0v) is 12.7. The average molecular weight is 316 g/mol. The summed E-state index contributed by atoms with van der Waals surface area (Å²) in [4.78, 5) is 24.7. The van der Waals surface area contributed by atoms with Gasteiger partial charge in [0.15, 0.2) is 0 Å². The topological polar surface area (TPSA) is 49.4 Å². The number of nitrogens with one attached hydrogen (secondary N) is 1. The van der Waals surface area contributed by atoms with Crippen molar-refractivity contribution in [1.29, 1.82) is 0 Å². The maximum atomic E-state index is 12.6. The normalized spacial score (nSPS) is 11.4. The summed E-state index contributed by atoms with van der Waals surface area (Å²) in [6.07, 6.45) is -4.47. The number of hydrogen-bond donors (Lipinski definition) is 1. The molecular formula is C15H19F3N2O2. The van der Waals surface area contributed by atoms with Gasteiger partial charge in [0, 0.05) is 19.2 Å². The Kier molecular flexibility index (Phi) is 5.96. The van der Waals surface area contributed by atoms with Crippen molar-refractivity contribution in [3.8, 4) is 0 Å². The van der Waals surface area contributed by atoms with E-state index in [1.54, 1.807) is 0 Å². The van der Waals surface area contributed by atoms with Crippen LogP contribution in [0.1, 0.15) is 26.3 Å². The average Bonchev–Trinajstić information content (AvgIpc) is 2.36. The van der Waals surface area contributed by atoms with Crippen LogP contribution in [0.15, 0.2) is 24.3 Å². The number of carbonyl (C=O) groups excluding carboxylic acids is 2. The van der Waals surface area contributed by atoms with Gasteiger partial charge in [0.1, 0.15) is 0 Å². The van der Waals surface area contributed by atoms with Gasteiger partial charge in [-0.2, -0.15) is 13.2 Å². The molecule has 0 aliphatic rings. The molecule has 0 saturated carbocycles. The highest BCUT2D eigenvalue weighted by Gasteiger charge is 2.30. The zero-order valence-electron chi connectivity index (χ0n) is 12.7. The summed E-state index contributed by atoms with van der Waals surface area (Å²) in [7, 11) is 0. The van der Waals surface area contributed by atoms with Crippen LogP contribution in [0.2, 0.25) is 0 Å². The Bertz CT molecular complexity index is 542. The molecule has 0 heterocycles. The molecule has 2 amide bonds. The Morgan fingerprint density at radius 3 is 2.41 bits per heavy atom. The van der Waals surface area contributed by atoms with Crippen LogP contribution in [0.25, 0.3) is 0 Å². The van der Waals surface area contributed by atoms with Gasteiger partial charge >= 0.3 is 6.18 Å². The van der Waals surface area contributed by atoms with E-state index >= 15 is 0 Å². The minimum atomic E-state index is -4.47. The smallest absolute Gasteiger partial charge is 0.333 e. The van der Waals surface area contributed by atoms with Gasteiger partial charge in [-0.1, -0.05) is 19.9 Å². The molecule has 0 saturated heterocycles. The van der Waals surface area contributed by atoms with Gasteiger partial charge in [-0.05, 0) is 24.1 Å². The largest absolute Gasteiger partial charge is 0.416 e. The zero-order chi connectivity index (χ0) is 16.9. The lowest BCUT2D eigenvalue weighted by Gasteiger charge is -2.22. The molecule has 0 unspecified atom stereocenters. The molecule has 0 spiro atoms. The second-order valence-corrected chi connectivity index (χ2v) is 5.42. The monoisotopic (exact) mass is 316 g/mol. The van der Waals surface area contributed by atoms with Crippen LogP contribution in [0.3, 0.4) is 0 Å². The molecular weight excluding hydrogens is 297 g/mol. The summed E-state index contributed by atoms with van der Waals surface area (Å²) in [5, 5.41) is 2.38. The summed E-state index contributed by atoms with van der Waals surface area (Å²) in [5.74, 6) is -0.603. The molecule has 0 aromatic heterocycles. The Morgan fingerprint density at radius 1 is 1.27 bits per heavy atom. The van der Waals surface area contributed by atoms with E-state index in [9.17, 15) is 22.8 Å². The van der Waals surface area contributed by atoms with Crippen molar-refractivity contribution in [2.75, 3.05) is 18.4 Å². The highest BCUT2D eigenvalue weighted by molar-refractivity contribution is 5.94. The second kappa shape index (κ2) is 7.29. The standard InChI is InChI=1S/C15H19F3N2O2/c1-10(2)8-20(11(3)21)9-14(22)19-13-6-4-5-12(7-13)15(16,17)18/h4-7,10H,8-9H2,1-3H3,(H,19,22). The molecule has 1 aromatic rings. The van der Waals surface area contributed by atoms with E-state index in [1.807, 2.05) is 13.8 Å². The van der Waals surface area contributed by atoms with Gasteiger partial charge in [0.2, 0.25) is 11.8 Å². The first-order valence-corrected chi connectivity index (χ1v) is 6.82. The highest BCUT2D eigenvalue weighted by atomic mass is 19.4. The molecule has 0 aliphatic heterocycles. The predicted molar refractivity (Wildman–Crippen MR) is 77.2 cm³/mol. The van der Waals surface area contributed by atoms with Gasteiger partial charge in [-0.3, -0.25) is 9.59 Å². The summed E-state index contributed by atoms with van der Waals surface area (Å²) < 4.78 is 37.8. The molecule has 0 fully saturated rings. The van der Waals surface area contributed by atoms with E-state index in [1.165, 1.54) is 24.0 Å². The molecule has 4 nitrogen and oxygen atoms in total. The molecule has 1 N–H and O–H groups in total. The fraction of sp³-hybridized carbons (Fsp3) is 0.467. The number of nitrogens with zero attached hydrogens (tertiary/aromatic N) is 1. The number of halogens is 3. The maximum Gasteiger partial charge on any atom is 0.416 e. The first-order chi connectivity index (χ1) is 10.1. The van der Waals surface area contributed by atoms with Crippen molar-refractivity contribution in [3.05, 3.63) is 29.8 Å². The second-order valence-electron chi connectivity index (χ2n) is 5.42. The Morgan fingerprint density at radius 2 is 1.91 bits per heavy atom. The summed E-state index contributed by atoms with van der Waals surface area (Å²) >= 11 is 0. The Balaban J connectivity index is 2.74. The minimum Gasteiger partial charge on any atom is -0.333 e. The van der Waals surface area contributed by atoms with Gasteiger partial charge < -0.3 is 10.2 Å². The number of carbonyl (C=O) groups is 2. The number of anilines is 1. The Labute approximate surface area is 127 Å². The van der Waals surface area contributed by atoms with Crippen LogP contribution in [-0.4, -0.2) is 29.8 Å². The quantitative estimate of drug-likeness (QED) is 0.907. The predicted octanol–water partition coefficient (Wildman–Crippen LogP) is 3.15. The molecule has 1 aromatic carbocycles. The SMILES string of the molecule is CC(=O)N(CC(=O)Nc1cccc(C(F)(F)F)c1)CC(C)C. The first-order valence-electron chi connectivity index (χ1n) is 6.82. The van der Waals surface area contributed by atoms with Crippen molar-refractivity contribution in [2.45, 2.75) is 26.9 Å². The van der Waals surface area contributed by atoms with Crippen LogP contribution in [0.5, 0.6) is 0 Å². The molecule has 0 atom stereocenters. The molecule has 0 radical (unpaired) electrons. The number of amides is 2. The molecule has 0 bridgehead atoms. The number of hydrogen-bond acceptors (Lipinski definition) is 2. The Hall–Kier alpha value is -2.05. The summed E-state index contributed by atoms with van der Waals surface area (Å²) in [5.41, 5.74) is -0.788. The maximum absolute atomic E-state index is 12.6. The first kappa shape index (κ1) is 18.0. The molecule has 0 aliphatic carbocycles. The third-order valence-corrected chi connectivity index (χ3v) is 2.84. The van der Waals surface area contributed by atoms with Crippen LogP contribution in [-0.2, 0) is 15.8 Å². The molecule has 1 rings (SSSR count). The highest BCUT2D eigenvalue weighted by Crippen LogP contribution is 2.30. The number of benzene rings is 1. The van der Waals surface area contributed by atoms with Crippen molar-refractivity contribution in [1.82, 2.24) is 4.90 Å². The van der Waals surface area contributed by atoms with Crippen LogP contribution >= 0.6 is 0 Å². The lowest BCUT2D eigenvalue weighted by molar-refractivity contribution is -0.137. The van der Waals surface area contributed by atoms with Crippen molar-refractivity contribution in [2.24, 2.45) is 5.92 Å². The molecule has 122 valence electrons. The van der Waals surface area contributed by atoms with Gasteiger partial charge in [0.25, 0.3) is 0 Å². The van der Waals surface area contributed by atoms with E-state index in [0.717, 1.165) is 12.1 Å². The number of alkyl halides is 3. The molecule has 22 heavy (non-hydrogen) atoms. The van der Waals surface area contributed by atoms with E-state index in [4.69, 9.17) is 0 Å². The van der Waals surface area contributed by atoms with Crippen LogP contribution in [0, 0.1) is 5.92 Å². The van der Waals surface area contributed by atoms with Gasteiger partial charge in [-0.15, -0.1) is 0 Å². The number of rotatable bonds is 5. The van der Waals surface area contributed by atoms with Crippen molar-refractivity contribution < 1.29 is 22.8 Å². The fourth-order valence-electron chi connectivity index (χ4n) is 1.89. The summed E-state index contributed by atoms with van der Waals surface area (Å²) in [6.45, 7) is 5.37. The van der Waals surface area contributed by atoms with E-state index in [2.05, 4.69) is 5.32 Å². The van der Waals surface area contributed by atoms with Crippen molar-refractivity contribution in [3.63, 3.8) is 0 Å². The third-order valence-electron chi connectivity index (χ3n) is 2.84. The minimum absolute atomic E-state index is 0.0490. The van der Waals surface area contributed by atoms with Gasteiger partial charge in [0.05, 0.1) is 12.1 Å². The van der Waals surface area contributed by atoms with E-state index in [-0.39, 0.29) is 24.1 Å². The lowest BCUT2D eigenvalue weighted by atomic mass is 10.2. The van der Waals surface area contributed by atoms with Gasteiger partial charge in [-0.25, -0.2) is 0 Å². The van der Waals surface area contributed by atoms with E-state index < -0.39 is 17.6 Å². The third kappa shape index (κ3) is 5.75. The fourth-order valence-corrected chi connectivity index (χ4v) is 1.89. The van der Waals surface area contributed by atoms with E-state index in [0.29, 0.717) is 6.54 Å². The summed E-state index contributed by atoms with van der Waals surface area (Å²) in [6, 6.07) is 4.37. The lowest BCUT2D eigenvalue weighted by Crippen LogP contribution is -2.38.